The van der Waals surface area contributed by atoms with Gasteiger partial charge in [0.15, 0.2) is 0 Å². The molecule has 194 valence electrons. The third-order valence-electron chi connectivity index (χ3n) is 5.04. The van der Waals surface area contributed by atoms with Crippen molar-refractivity contribution in [3.05, 3.63) is 82.5 Å². The summed E-state index contributed by atoms with van der Waals surface area (Å²) < 4.78 is 49.3. The Balaban J connectivity index is 1.89. The third-order valence-corrected chi connectivity index (χ3v) is 5.04. The first kappa shape index (κ1) is 27.4. The number of nitrogens with zero attached hydrogens (tertiary/aromatic N) is 1. The number of aromatic nitrogens is 1. The molecule has 1 N–H and O–H groups in total. The summed E-state index contributed by atoms with van der Waals surface area (Å²) in [6.07, 6.45) is -4.70. The van der Waals surface area contributed by atoms with E-state index in [4.69, 9.17) is 4.74 Å². The van der Waals surface area contributed by atoms with Crippen molar-refractivity contribution >= 4 is 23.7 Å². The van der Waals surface area contributed by atoms with Crippen LogP contribution in [-0.4, -0.2) is 35.5 Å². The van der Waals surface area contributed by atoms with Gasteiger partial charge in [0.25, 0.3) is 5.91 Å². The van der Waals surface area contributed by atoms with Gasteiger partial charge >= 0.3 is 18.1 Å². The number of halogens is 3. The van der Waals surface area contributed by atoms with Gasteiger partial charge in [0.2, 0.25) is 0 Å². The molecule has 1 heterocycles. The van der Waals surface area contributed by atoms with Crippen LogP contribution in [0.5, 0.6) is 0 Å². The predicted molar refractivity (Wildman–Crippen MR) is 130 cm³/mol. The molecule has 0 atom stereocenters. The Morgan fingerprint density at radius 1 is 0.838 bits per heavy atom. The summed E-state index contributed by atoms with van der Waals surface area (Å²) in [6.45, 7) is 7.02. The monoisotopic (exact) mass is 514 g/mol. The predicted octanol–water partition coefficient (Wildman–Crippen LogP) is 6.07. The topological polar surface area (TPSA) is 94.6 Å². The van der Waals surface area contributed by atoms with E-state index >= 15 is 0 Å². The number of benzene rings is 2. The summed E-state index contributed by atoms with van der Waals surface area (Å²) >= 11 is 0. The number of nitrogens with one attached hydrogen (secondary N) is 1. The van der Waals surface area contributed by atoms with Gasteiger partial charge in [-0.25, -0.2) is 14.6 Å². The molecule has 2 aromatic carbocycles. The summed E-state index contributed by atoms with van der Waals surface area (Å²) in [4.78, 5) is 41.5. The summed E-state index contributed by atoms with van der Waals surface area (Å²) in [5, 5.41) is 2.53. The highest BCUT2D eigenvalue weighted by atomic mass is 19.4. The fourth-order valence-corrected chi connectivity index (χ4v) is 3.42. The van der Waals surface area contributed by atoms with E-state index in [-0.39, 0.29) is 11.4 Å². The molecular weight excluding hydrogens is 489 g/mol. The van der Waals surface area contributed by atoms with Crippen molar-refractivity contribution in [1.82, 2.24) is 4.98 Å². The minimum Gasteiger partial charge on any atom is -0.465 e. The van der Waals surface area contributed by atoms with Crippen LogP contribution in [0.2, 0.25) is 0 Å². The average molecular weight is 515 g/mol. The molecule has 0 aliphatic rings. The number of hydrogen-bond acceptors (Lipinski definition) is 6. The molecular formula is C27H25F3N2O5. The lowest BCUT2D eigenvalue weighted by atomic mass is 10.0. The average Bonchev–Trinajstić information content (AvgIpc) is 2.81. The molecule has 0 radical (unpaired) electrons. The van der Waals surface area contributed by atoms with Gasteiger partial charge in [0.1, 0.15) is 11.4 Å². The Labute approximate surface area is 211 Å². The zero-order valence-corrected chi connectivity index (χ0v) is 20.8. The fourth-order valence-electron chi connectivity index (χ4n) is 3.42. The smallest absolute Gasteiger partial charge is 0.416 e. The van der Waals surface area contributed by atoms with Crippen molar-refractivity contribution in [2.45, 2.75) is 39.5 Å². The Hall–Kier alpha value is -4.21. The van der Waals surface area contributed by atoms with Crippen LogP contribution in [0.15, 0.2) is 54.6 Å². The Bertz CT molecular complexity index is 1340. The third kappa shape index (κ3) is 6.93. The first-order valence-electron chi connectivity index (χ1n) is 11.1. The molecule has 0 aliphatic heterocycles. The SMILES string of the molecule is COC(=O)c1cc(C(F)(F)F)ccc1C(=O)Nc1cc(-c2ccc(C(=O)OC(C)(C)C)cc2)cc(C)n1. The van der Waals surface area contributed by atoms with E-state index in [1.54, 1.807) is 64.1 Å². The number of carbonyl (C=O) groups is 3. The minimum atomic E-state index is -4.70. The van der Waals surface area contributed by atoms with Gasteiger partial charge in [0.05, 0.1) is 29.4 Å². The highest BCUT2D eigenvalue weighted by Gasteiger charge is 2.33. The van der Waals surface area contributed by atoms with Crippen LogP contribution in [0.4, 0.5) is 19.0 Å². The standard InChI is InChI=1S/C27H25F3N2O5/c1-15-12-18(16-6-8-17(9-7-16)24(34)37-26(2,3)4)13-22(31-15)32-23(33)20-11-10-19(27(28,29)30)14-21(20)25(35)36-5/h6-14H,1-5H3,(H,31,32,33). The lowest BCUT2D eigenvalue weighted by Crippen LogP contribution is -2.23. The van der Waals surface area contributed by atoms with Gasteiger partial charge in [0, 0.05) is 5.69 Å². The molecule has 0 spiro atoms. The maximum Gasteiger partial charge on any atom is 0.416 e. The van der Waals surface area contributed by atoms with E-state index in [9.17, 15) is 27.6 Å². The highest BCUT2D eigenvalue weighted by molar-refractivity contribution is 6.11. The van der Waals surface area contributed by atoms with E-state index in [2.05, 4.69) is 15.0 Å². The number of aryl methyl sites for hydroxylation is 1. The molecule has 0 bridgehead atoms. The minimum absolute atomic E-state index is 0.118. The molecule has 0 saturated heterocycles. The van der Waals surface area contributed by atoms with Crippen molar-refractivity contribution < 1.29 is 37.0 Å². The van der Waals surface area contributed by atoms with Crippen molar-refractivity contribution in [2.75, 3.05) is 12.4 Å². The van der Waals surface area contributed by atoms with Crippen molar-refractivity contribution in [2.24, 2.45) is 0 Å². The molecule has 0 fully saturated rings. The second-order valence-corrected chi connectivity index (χ2v) is 9.17. The Morgan fingerprint density at radius 3 is 2.05 bits per heavy atom. The number of amides is 1. The summed E-state index contributed by atoms with van der Waals surface area (Å²) in [7, 11) is 1.01. The molecule has 10 heteroatoms. The van der Waals surface area contributed by atoms with E-state index in [1.165, 1.54) is 0 Å². The molecule has 37 heavy (non-hydrogen) atoms. The molecule has 1 aromatic heterocycles. The van der Waals surface area contributed by atoms with Gasteiger partial charge < -0.3 is 14.8 Å². The van der Waals surface area contributed by atoms with Crippen LogP contribution < -0.4 is 5.32 Å². The second kappa shape index (κ2) is 10.4. The molecule has 3 aromatic rings. The molecule has 0 saturated carbocycles. The molecule has 3 rings (SSSR count). The van der Waals surface area contributed by atoms with Crippen LogP contribution in [0.1, 0.15) is 63.1 Å². The first-order valence-corrected chi connectivity index (χ1v) is 11.1. The van der Waals surface area contributed by atoms with Crippen LogP contribution in [0.3, 0.4) is 0 Å². The zero-order chi connectivity index (χ0) is 27.5. The number of rotatable bonds is 5. The number of methoxy groups -OCH3 is 1. The van der Waals surface area contributed by atoms with Crippen LogP contribution in [0.25, 0.3) is 11.1 Å². The number of anilines is 1. The summed E-state index contributed by atoms with van der Waals surface area (Å²) in [5.74, 6) is -2.26. The quantitative estimate of drug-likeness (QED) is 0.416. The Morgan fingerprint density at radius 2 is 1.49 bits per heavy atom. The Kier molecular flexibility index (Phi) is 7.71. The van der Waals surface area contributed by atoms with Gasteiger partial charge in [-0.05, 0) is 81.3 Å². The fraction of sp³-hybridized carbons (Fsp3) is 0.259. The second-order valence-electron chi connectivity index (χ2n) is 9.17. The van der Waals surface area contributed by atoms with E-state index in [0.717, 1.165) is 18.7 Å². The van der Waals surface area contributed by atoms with Gasteiger partial charge in [-0.2, -0.15) is 13.2 Å². The van der Waals surface area contributed by atoms with Crippen LogP contribution in [0, 0.1) is 6.92 Å². The highest BCUT2D eigenvalue weighted by Crippen LogP contribution is 2.31. The van der Waals surface area contributed by atoms with E-state index in [0.29, 0.717) is 29.0 Å². The van der Waals surface area contributed by atoms with Crippen molar-refractivity contribution in [3.8, 4) is 11.1 Å². The van der Waals surface area contributed by atoms with Gasteiger partial charge in [-0.15, -0.1) is 0 Å². The lowest BCUT2D eigenvalue weighted by Gasteiger charge is -2.19. The summed E-state index contributed by atoms with van der Waals surface area (Å²) in [6, 6.07) is 12.2. The molecule has 7 nitrogen and oxygen atoms in total. The number of ether oxygens (including phenoxy) is 2. The van der Waals surface area contributed by atoms with E-state index in [1.807, 2.05) is 0 Å². The lowest BCUT2D eigenvalue weighted by molar-refractivity contribution is -0.137. The maximum absolute atomic E-state index is 13.1. The van der Waals surface area contributed by atoms with Crippen LogP contribution in [-0.2, 0) is 15.7 Å². The van der Waals surface area contributed by atoms with Gasteiger partial charge in [-0.3, -0.25) is 4.79 Å². The number of pyridine rings is 1. The number of esters is 2. The van der Waals surface area contributed by atoms with Crippen molar-refractivity contribution in [3.63, 3.8) is 0 Å². The molecule has 1 amide bonds. The number of hydrogen-bond donors (Lipinski definition) is 1. The maximum atomic E-state index is 13.1. The summed E-state index contributed by atoms with van der Waals surface area (Å²) in [5.41, 5.74) is -0.245. The zero-order valence-electron chi connectivity index (χ0n) is 20.8. The van der Waals surface area contributed by atoms with Gasteiger partial charge in [-0.1, -0.05) is 12.1 Å². The molecule has 0 aliphatic carbocycles. The number of carbonyl (C=O) groups excluding carboxylic acids is 3. The number of alkyl halides is 3. The first-order chi connectivity index (χ1) is 17.2. The van der Waals surface area contributed by atoms with Crippen molar-refractivity contribution in [1.29, 1.82) is 0 Å². The largest absolute Gasteiger partial charge is 0.465 e. The normalized spacial score (nSPS) is 11.6. The molecule has 0 unspecified atom stereocenters. The van der Waals surface area contributed by atoms with Crippen LogP contribution >= 0.6 is 0 Å². The van der Waals surface area contributed by atoms with E-state index < -0.39 is 40.8 Å².